The van der Waals surface area contributed by atoms with E-state index in [2.05, 4.69) is 5.32 Å². The molecule has 0 fully saturated rings. The molecule has 1 unspecified atom stereocenters. The lowest BCUT2D eigenvalue weighted by atomic mass is 9.95. The molecule has 0 aromatic carbocycles. The molecular formula is C12H17NO4. The number of carbonyl (C=O) groups excluding carboxylic acids is 1. The average Bonchev–Trinajstić information content (AvgIpc) is 2.29. The third kappa shape index (κ3) is 3.09. The highest BCUT2D eigenvalue weighted by Gasteiger charge is 2.31. The van der Waals surface area contributed by atoms with Gasteiger partial charge in [0.15, 0.2) is 6.04 Å². The molecule has 1 rings (SSSR count). The van der Waals surface area contributed by atoms with Crippen LogP contribution < -0.4 is 5.32 Å². The minimum atomic E-state index is -1.08. The molecule has 1 heterocycles. The fourth-order valence-corrected chi connectivity index (χ4v) is 1.76. The first kappa shape index (κ1) is 13.3. The summed E-state index contributed by atoms with van der Waals surface area (Å²) in [5.41, 5.74) is 0.768. The summed E-state index contributed by atoms with van der Waals surface area (Å²) < 4.78 is 4.86. The largest absolute Gasteiger partial charge is 0.478 e. The van der Waals surface area contributed by atoms with Crippen LogP contribution in [0.15, 0.2) is 23.4 Å². The monoisotopic (exact) mass is 239 g/mol. The van der Waals surface area contributed by atoms with E-state index in [9.17, 15) is 14.7 Å². The van der Waals surface area contributed by atoms with Gasteiger partial charge in [-0.3, -0.25) is 0 Å². The number of allylic oxidation sites excluding steroid dienone is 2. The number of nitrogens with one attached hydrogen (secondary N) is 1. The van der Waals surface area contributed by atoms with E-state index in [4.69, 9.17) is 4.74 Å². The van der Waals surface area contributed by atoms with Crippen molar-refractivity contribution in [2.75, 3.05) is 6.61 Å². The Hall–Kier alpha value is -1.78. The lowest BCUT2D eigenvalue weighted by Crippen LogP contribution is -2.41. The van der Waals surface area contributed by atoms with E-state index < -0.39 is 18.0 Å². The first-order chi connectivity index (χ1) is 8.11. The van der Waals surface area contributed by atoms with Crippen LogP contribution in [0.25, 0.3) is 0 Å². The average molecular weight is 239 g/mol. The van der Waals surface area contributed by atoms with Gasteiger partial charge >= 0.3 is 11.9 Å². The minimum absolute atomic E-state index is 0.0906. The highest BCUT2D eigenvalue weighted by atomic mass is 16.5. The van der Waals surface area contributed by atoms with Crippen molar-refractivity contribution in [2.45, 2.75) is 32.7 Å². The molecule has 0 saturated heterocycles. The number of ether oxygens (including phenoxy) is 1. The summed E-state index contributed by atoms with van der Waals surface area (Å²) in [6, 6.07) is -0.904. The van der Waals surface area contributed by atoms with Gasteiger partial charge in [0.2, 0.25) is 0 Å². The second-order valence-electron chi connectivity index (χ2n) is 3.68. The van der Waals surface area contributed by atoms with Gasteiger partial charge in [0, 0.05) is 0 Å². The fraction of sp³-hybridized carbons (Fsp3) is 0.500. The van der Waals surface area contributed by atoms with Crippen molar-refractivity contribution < 1.29 is 19.4 Å². The Bertz CT molecular complexity index is 371. The maximum absolute atomic E-state index is 11.6. The van der Waals surface area contributed by atoms with Crippen molar-refractivity contribution in [2.24, 2.45) is 0 Å². The predicted molar refractivity (Wildman–Crippen MR) is 62.3 cm³/mol. The molecule has 0 aliphatic carbocycles. The molecule has 17 heavy (non-hydrogen) atoms. The van der Waals surface area contributed by atoms with Gasteiger partial charge in [-0.15, -0.1) is 0 Å². The van der Waals surface area contributed by atoms with Crippen molar-refractivity contribution in [3.8, 4) is 0 Å². The summed E-state index contributed by atoms with van der Waals surface area (Å²) in [6.45, 7) is 3.88. The molecule has 0 saturated carbocycles. The minimum Gasteiger partial charge on any atom is -0.478 e. The Labute approximate surface area is 100 Å². The molecule has 1 atom stereocenters. The van der Waals surface area contributed by atoms with E-state index in [1.54, 1.807) is 19.2 Å². The third-order valence-corrected chi connectivity index (χ3v) is 2.45. The molecule has 2 N–H and O–H groups in total. The highest BCUT2D eigenvalue weighted by Crippen LogP contribution is 2.20. The zero-order chi connectivity index (χ0) is 12.8. The molecule has 1 aliphatic heterocycles. The van der Waals surface area contributed by atoms with Gasteiger partial charge < -0.3 is 15.2 Å². The SMILES string of the molecule is CCCC1=C(C(=O)O)C(C(=O)OCC)NC=C1. The fourth-order valence-electron chi connectivity index (χ4n) is 1.76. The highest BCUT2D eigenvalue weighted by molar-refractivity contribution is 5.98. The van der Waals surface area contributed by atoms with Crippen LogP contribution in [0.2, 0.25) is 0 Å². The van der Waals surface area contributed by atoms with Gasteiger partial charge in [0.05, 0.1) is 12.2 Å². The molecule has 0 bridgehead atoms. The summed E-state index contributed by atoms with van der Waals surface area (Å²) in [4.78, 5) is 22.9. The van der Waals surface area contributed by atoms with Crippen molar-refractivity contribution in [1.29, 1.82) is 0 Å². The quantitative estimate of drug-likeness (QED) is 0.705. The second-order valence-corrected chi connectivity index (χ2v) is 3.68. The Balaban J connectivity index is 3.02. The Morgan fingerprint density at radius 3 is 2.71 bits per heavy atom. The van der Waals surface area contributed by atoms with Gasteiger partial charge in [0.25, 0.3) is 0 Å². The maximum Gasteiger partial charge on any atom is 0.334 e. The van der Waals surface area contributed by atoms with Crippen LogP contribution in [0.1, 0.15) is 26.7 Å². The van der Waals surface area contributed by atoms with E-state index in [1.807, 2.05) is 6.92 Å². The van der Waals surface area contributed by atoms with Crippen LogP contribution in [0, 0.1) is 0 Å². The topological polar surface area (TPSA) is 75.6 Å². The number of aliphatic carboxylic acids is 1. The van der Waals surface area contributed by atoms with Crippen LogP contribution in [-0.4, -0.2) is 29.7 Å². The predicted octanol–water partition coefficient (Wildman–Crippen LogP) is 1.22. The zero-order valence-electron chi connectivity index (χ0n) is 10.0. The van der Waals surface area contributed by atoms with Crippen molar-refractivity contribution >= 4 is 11.9 Å². The van der Waals surface area contributed by atoms with E-state index in [0.29, 0.717) is 12.0 Å². The number of hydrogen-bond donors (Lipinski definition) is 2. The van der Waals surface area contributed by atoms with E-state index in [-0.39, 0.29) is 12.2 Å². The molecule has 0 amide bonds. The molecule has 0 aromatic rings. The van der Waals surface area contributed by atoms with Gasteiger partial charge in [0.1, 0.15) is 0 Å². The number of rotatable bonds is 5. The molecule has 0 radical (unpaired) electrons. The van der Waals surface area contributed by atoms with Crippen molar-refractivity contribution in [1.82, 2.24) is 5.32 Å². The molecule has 1 aliphatic rings. The van der Waals surface area contributed by atoms with Crippen molar-refractivity contribution in [3.05, 3.63) is 23.4 Å². The lowest BCUT2D eigenvalue weighted by Gasteiger charge is -2.22. The molecular weight excluding hydrogens is 222 g/mol. The summed E-state index contributed by atoms with van der Waals surface area (Å²) in [5.74, 6) is -1.63. The Kier molecular flexibility index (Phi) is 4.75. The van der Waals surface area contributed by atoms with Crippen LogP contribution in [-0.2, 0) is 14.3 Å². The zero-order valence-corrected chi connectivity index (χ0v) is 10.0. The normalized spacial score (nSPS) is 18.8. The van der Waals surface area contributed by atoms with Crippen LogP contribution in [0.3, 0.4) is 0 Å². The summed E-state index contributed by atoms with van der Waals surface area (Å²) in [7, 11) is 0. The number of carboxylic acids is 1. The van der Waals surface area contributed by atoms with Gasteiger partial charge in [-0.25, -0.2) is 9.59 Å². The van der Waals surface area contributed by atoms with Crippen LogP contribution >= 0.6 is 0 Å². The second kappa shape index (κ2) is 6.08. The Morgan fingerprint density at radius 2 is 2.18 bits per heavy atom. The molecule has 0 aromatic heterocycles. The smallest absolute Gasteiger partial charge is 0.334 e. The van der Waals surface area contributed by atoms with E-state index in [0.717, 1.165) is 6.42 Å². The summed E-state index contributed by atoms with van der Waals surface area (Å²) >= 11 is 0. The number of carboxylic acid groups (broad SMARTS) is 1. The van der Waals surface area contributed by atoms with Crippen LogP contribution in [0.5, 0.6) is 0 Å². The molecule has 0 spiro atoms. The first-order valence-corrected chi connectivity index (χ1v) is 5.67. The standard InChI is InChI=1S/C12H17NO4/c1-3-5-8-6-7-13-10(9(8)11(14)15)12(16)17-4-2/h6-7,10,13H,3-5H2,1-2H3,(H,14,15). The molecule has 94 valence electrons. The van der Waals surface area contributed by atoms with Crippen LogP contribution in [0.4, 0.5) is 0 Å². The van der Waals surface area contributed by atoms with Gasteiger partial charge in [-0.1, -0.05) is 13.3 Å². The van der Waals surface area contributed by atoms with E-state index >= 15 is 0 Å². The summed E-state index contributed by atoms with van der Waals surface area (Å²) in [6.07, 6.45) is 4.75. The first-order valence-electron chi connectivity index (χ1n) is 5.67. The maximum atomic E-state index is 11.6. The van der Waals surface area contributed by atoms with Gasteiger partial charge in [-0.05, 0) is 31.2 Å². The third-order valence-electron chi connectivity index (χ3n) is 2.45. The Morgan fingerprint density at radius 1 is 1.47 bits per heavy atom. The molecule has 5 heteroatoms. The lowest BCUT2D eigenvalue weighted by molar-refractivity contribution is -0.146. The number of hydrogen-bond acceptors (Lipinski definition) is 4. The van der Waals surface area contributed by atoms with E-state index in [1.165, 1.54) is 0 Å². The number of esters is 1. The summed E-state index contributed by atoms with van der Waals surface area (Å²) in [5, 5.41) is 11.9. The molecule has 5 nitrogen and oxygen atoms in total. The number of carbonyl (C=O) groups is 2. The van der Waals surface area contributed by atoms with Crippen molar-refractivity contribution in [3.63, 3.8) is 0 Å². The van der Waals surface area contributed by atoms with Gasteiger partial charge in [-0.2, -0.15) is 0 Å². The number of dihydropyridines is 1.